The van der Waals surface area contributed by atoms with Gasteiger partial charge in [-0.2, -0.15) is 5.10 Å². The van der Waals surface area contributed by atoms with Crippen LogP contribution >= 0.6 is 0 Å². The van der Waals surface area contributed by atoms with Gasteiger partial charge in [-0.05, 0) is 26.2 Å². The van der Waals surface area contributed by atoms with Crippen LogP contribution in [0.2, 0.25) is 0 Å². The molecule has 0 saturated carbocycles. The Morgan fingerprint density at radius 3 is 2.95 bits per heavy atom. The lowest BCUT2D eigenvalue weighted by Gasteiger charge is -2.12. The summed E-state index contributed by atoms with van der Waals surface area (Å²) in [6, 6.07) is -0.162. The Morgan fingerprint density at radius 1 is 1.50 bits per heavy atom. The van der Waals surface area contributed by atoms with Crippen LogP contribution in [0.5, 0.6) is 0 Å². The van der Waals surface area contributed by atoms with Crippen molar-refractivity contribution in [2.24, 2.45) is 0 Å². The summed E-state index contributed by atoms with van der Waals surface area (Å²) in [4.78, 5) is 12.2. The standard InChI is InChI=1S/C14H21N3O4S/c1-10-13(14(18)15-7-12-3-2-5-21-12)8-16-17(10)11-4-6-22(19,20)9-11/h8,11-12H,2-7,9H2,1H3,(H,15,18)/t11-,12+/m0/s1. The van der Waals surface area contributed by atoms with E-state index in [1.54, 1.807) is 11.6 Å². The normalized spacial score (nSPS) is 27.1. The minimum absolute atomic E-state index is 0.0966. The Kier molecular flexibility index (Phi) is 4.22. The van der Waals surface area contributed by atoms with Crippen molar-refractivity contribution in [3.63, 3.8) is 0 Å². The third kappa shape index (κ3) is 3.17. The van der Waals surface area contributed by atoms with E-state index in [4.69, 9.17) is 4.74 Å². The lowest BCUT2D eigenvalue weighted by atomic mass is 10.2. The summed E-state index contributed by atoms with van der Waals surface area (Å²) in [7, 11) is -2.97. The second kappa shape index (κ2) is 6.00. The van der Waals surface area contributed by atoms with Gasteiger partial charge < -0.3 is 10.1 Å². The minimum Gasteiger partial charge on any atom is -0.376 e. The summed E-state index contributed by atoms with van der Waals surface area (Å²) in [5.74, 6) is 0.115. The van der Waals surface area contributed by atoms with E-state index in [0.29, 0.717) is 24.2 Å². The van der Waals surface area contributed by atoms with Gasteiger partial charge in [0, 0.05) is 18.8 Å². The van der Waals surface area contributed by atoms with E-state index in [1.807, 2.05) is 0 Å². The average Bonchev–Trinajstić information content (AvgIpc) is 3.16. The molecule has 7 nitrogen and oxygen atoms in total. The molecule has 0 bridgehead atoms. The first kappa shape index (κ1) is 15.5. The third-order valence-electron chi connectivity index (χ3n) is 4.36. The van der Waals surface area contributed by atoms with Crippen LogP contribution < -0.4 is 5.32 Å². The molecule has 0 spiro atoms. The molecule has 22 heavy (non-hydrogen) atoms. The van der Waals surface area contributed by atoms with Crippen LogP contribution in [0, 0.1) is 6.92 Å². The van der Waals surface area contributed by atoms with Gasteiger partial charge in [0.15, 0.2) is 9.84 Å². The molecule has 122 valence electrons. The van der Waals surface area contributed by atoms with E-state index in [-0.39, 0.29) is 29.6 Å². The van der Waals surface area contributed by atoms with Crippen LogP contribution in [-0.2, 0) is 14.6 Å². The maximum Gasteiger partial charge on any atom is 0.254 e. The second-order valence-electron chi connectivity index (χ2n) is 5.99. The van der Waals surface area contributed by atoms with E-state index >= 15 is 0 Å². The molecule has 0 aromatic carbocycles. The Hall–Kier alpha value is -1.41. The van der Waals surface area contributed by atoms with Gasteiger partial charge in [0.1, 0.15) is 0 Å². The van der Waals surface area contributed by atoms with E-state index < -0.39 is 9.84 Å². The number of ether oxygens (including phenoxy) is 1. The lowest BCUT2D eigenvalue weighted by molar-refractivity contribution is 0.0857. The molecule has 3 heterocycles. The van der Waals surface area contributed by atoms with Gasteiger partial charge in [0.05, 0.1) is 35.4 Å². The molecule has 3 rings (SSSR count). The molecule has 2 fully saturated rings. The number of sulfone groups is 1. The number of carbonyl (C=O) groups is 1. The van der Waals surface area contributed by atoms with Crippen molar-refractivity contribution in [2.45, 2.75) is 38.3 Å². The van der Waals surface area contributed by atoms with Gasteiger partial charge in [-0.1, -0.05) is 0 Å². The molecule has 2 saturated heterocycles. The fraction of sp³-hybridized carbons (Fsp3) is 0.714. The first-order valence-corrected chi connectivity index (χ1v) is 9.43. The van der Waals surface area contributed by atoms with E-state index in [2.05, 4.69) is 10.4 Å². The Labute approximate surface area is 129 Å². The molecule has 1 aromatic rings. The van der Waals surface area contributed by atoms with Crippen molar-refractivity contribution in [1.82, 2.24) is 15.1 Å². The average molecular weight is 327 g/mol. The molecule has 2 aliphatic heterocycles. The zero-order chi connectivity index (χ0) is 15.7. The summed E-state index contributed by atoms with van der Waals surface area (Å²) >= 11 is 0. The molecule has 1 amide bonds. The van der Waals surface area contributed by atoms with Crippen LogP contribution in [0.25, 0.3) is 0 Å². The maximum absolute atomic E-state index is 12.2. The van der Waals surface area contributed by atoms with Crippen LogP contribution in [0.3, 0.4) is 0 Å². The molecule has 0 unspecified atom stereocenters. The third-order valence-corrected chi connectivity index (χ3v) is 6.11. The summed E-state index contributed by atoms with van der Waals surface area (Å²) in [5.41, 5.74) is 1.22. The number of aromatic nitrogens is 2. The fourth-order valence-corrected chi connectivity index (χ4v) is 4.78. The molecule has 1 aromatic heterocycles. The number of carbonyl (C=O) groups excluding carboxylic acids is 1. The molecular formula is C14H21N3O4S. The SMILES string of the molecule is Cc1c(C(=O)NC[C@H]2CCCO2)cnn1[C@H]1CCS(=O)(=O)C1. The largest absolute Gasteiger partial charge is 0.376 e. The van der Waals surface area contributed by atoms with Gasteiger partial charge in [-0.3, -0.25) is 9.48 Å². The van der Waals surface area contributed by atoms with Crippen LogP contribution in [0.1, 0.15) is 41.4 Å². The monoisotopic (exact) mass is 327 g/mol. The van der Waals surface area contributed by atoms with Gasteiger partial charge in [-0.25, -0.2) is 8.42 Å². The van der Waals surface area contributed by atoms with Crippen molar-refractivity contribution >= 4 is 15.7 Å². The number of rotatable bonds is 4. The van der Waals surface area contributed by atoms with Crippen LogP contribution in [-0.4, -0.2) is 54.9 Å². The first-order valence-electron chi connectivity index (χ1n) is 7.60. The number of hydrogen-bond donors (Lipinski definition) is 1. The first-order chi connectivity index (χ1) is 10.5. The Morgan fingerprint density at radius 2 is 2.32 bits per heavy atom. The van der Waals surface area contributed by atoms with E-state index in [0.717, 1.165) is 19.4 Å². The van der Waals surface area contributed by atoms with Gasteiger partial charge in [0.25, 0.3) is 5.91 Å². The number of amides is 1. The molecule has 0 aliphatic carbocycles. The zero-order valence-electron chi connectivity index (χ0n) is 12.6. The number of hydrogen-bond acceptors (Lipinski definition) is 5. The minimum atomic E-state index is -2.97. The van der Waals surface area contributed by atoms with Crippen LogP contribution in [0.15, 0.2) is 6.20 Å². The maximum atomic E-state index is 12.2. The molecule has 1 N–H and O–H groups in total. The topological polar surface area (TPSA) is 90.3 Å². The summed E-state index contributed by atoms with van der Waals surface area (Å²) < 4.78 is 30.3. The summed E-state index contributed by atoms with van der Waals surface area (Å²) in [6.07, 6.45) is 4.18. The van der Waals surface area contributed by atoms with Crippen molar-refractivity contribution in [1.29, 1.82) is 0 Å². The summed E-state index contributed by atoms with van der Waals surface area (Å²) in [6.45, 7) is 3.06. The highest BCUT2D eigenvalue weighted by molar-refractivity contribution is 7.91. The quantitative estimate of drug-likeness (QED) is 0.867. The molecule has 8 heteroatoms. The summed E-state index contributed by atoms with van der Waals surface area (Å²) in [5, 5.41) is 7.09. The van der Waals surface area contributed by atoms with Crippen molar-refractivity contribution in [2.75, 3.05) is 24.7 Å². The van der Waals surface area contributed by atoms with E-state index in [1.165, 1.54) is 6.20 Å². The highest BCUT2D eigenvalue weighted by atomic mass is 32.2. The van der Waals surface area contributed by atoms with Gasteiger partial charge in [-0.15, -0.1) is 0 Å². The lowest BCUT2D eigenvalue weighted by Crippen LogP contribution is -2.32. The predicted octanol–water partition coefficient (Wildman–Crippen LogP) is 0.460. The number of nitrogens with zero attached hydrogens (tertiary/aromatic N) is 2. The smallest absolute Gasteiger partial charge is 0.254 e. The Balaban J connectivity index is 1.66. The van der Waals surface area contributed by atoms with Gasteiger partial charge >= 0.3 is 0 Å². The highest BCUT2D eigenvalue weighted by Crippen LogP contribution is 2.25. The molecule has 0 radical (unpaired) electrons. The fourth-order valence-electron chi connectivity index (χ4n) is 3.09. The second-order valence-corrected chi connectivity index (χ2v) is 8.22. The van der Waals surface area contributed by atoms with Gasteiger partial charge in [0.2, 0.25) is 0 Å². The number of nitrogens with one attached hydrogen (secondary N) is 1. The van der Waals surface area contributed by atoms with Crippen molar-refractivity contribution < 1.29 is 17.9 Å². The van der Waals surface area contributed by atoms with Crippen molar-refractivity contribution in [3.8, 4) is 0 Å². The molecular weight excluding hydrogens is 306 g/mol. The van der Waals surface area contributed by atoms with Crippen LogP contribution in [0.4, 0.5) is 0 Å². The molecule has 2 atom stereocenters. The van der Waals surface area contributed by atoms with E-state index in [9.17, 15) is 13.2 Å². The van der Waals surface area contributed by atoms with Crippen molar-refractivity contribution in [3.05, 3.63) is 17.5 Å². The Bertz CT molecular complexity index is 662. The molecule has 2 aliphatic rings. The highest BCUT2D eigenvalue weighted by Gasteiger charge is 2.31. The predicted molar refractivity (Wildman–Crippen MR) is 80.6 cm³/mol. The zero-order valence-corrected chi connectivity index (χ0v) is 13.4.